The van der Waals surface area contributed by atoms with Gasteiger partial charge >= 0.3 is 0 Å². The van der Waals surface area contributed by atoms with Crippen molar-refractivity contribution in [1.29, 1.82) is 0 Å². The van der Waals surface area contributed by atoms with E-state index in [2.05, 4.69) is 41.0 Å². The van der Waals surface area contributed by atoms with Crippen LogP contribution in [-0.4, -0.2) is 35.6 Å². The van der Waals surface area contributed by atoms with Gasteiger partial charge in [-0.05, 0) is 37.3 Å². The Bertz CT molecular complexity index is 363. The maximum Gasteiger partial charge on any atom is 0.225 e. The summed E-state index contributed by atoms with van der Waals surface area (Å²) in [5.41, 5.74) is 0.422. The van der Waals surface area contributed by atoms with Crippen LogP contribution in [0.4, 0.5) is 5.95 Å². The largest absolute Gasteiger partial charge is 0.341 e. The lowest BCUT2D eigenvalue weighted by atomic mass is 9.92. The molecule has 0 unspecified atom stereocenters. The second-order valence-corrected chi connectivity index (χ2v) is 6.57. The summed E-state index contributed by atoms with van der Waals surface area (Å²) in [6.07, 6.45) is 7.23. The molecule has 1 aliphatic rings. The SMILES string of the molecule is CC(C)(C)CCNC1CCN(c2ncccn2)CC1. The van der Waals surface area contributed by atoms with Crippen LogP contribution in [0, 0.1) is 5.41 Å². The first kappa shape index (κ1) is 14.3. The first-order chi connectivity index (χ1) is 9.04. The number of hydrogen-bond donors (Lipinski definition) is 1. The third-order valence-corrected chi connectivity index (χ3v) is 3.64. The molecule has 0 amide bonds. The molecule has 0 bridgehead atoms. The van der Waals surface area contributed by atoms with Gasteiger partial charge in [-0.2, -0.15) is 0 Å². The van der Waals surface area contributed by atoms with Crippen LogP contribution < -0.4 is 10.2 Å². The van der Waals surface area contributed by atoms with E-state index in [1.807, 2.05) is 18.5 Å². The van der Waals surface area contributed by atoms with Crippen molar-refractivity contribution >= 4 is 5.95 Å². The van der Waals surface area contributed by atoms with E-state index in [1.165, 1.54) is 19.3 Å². The highest BCUT2D eigenvalue weighted by Gasteiger charge is 2.20. The number of aromatic nitrogens is 2. The van der Waals surface area contributed by atoms with Gasteiger partial charge in [0.15, 0.2) is 0 Å². The fraction of sp³-hybridized carbons (Fsp3) is 0.733. The Balaban J connectivity index is 1.71. The lowest BCUT2D eigenvalue weighted by Crippen LogP contribution is -2.43. The minimum absolute atomic E-state index is 0.422. The van der Waals surface area contributed by atoms with E-state index in [1.54, 1.807) is 0 Å². The van der Waals surface area contributed by atoms with Crippen molar-refractivity contribution in [2.75, 3.05) is 24.5 Å². The molecule has 19 heavy (non-hydrogen) atoms. The molecule has 1 aliphatic heterocycles. The van der Waals surface area contributed by atoms with E-state index in [0.29, 0.717) is 11.5 Å². The number of rotatable bonds is 4. The van der Waals surface area contributed by atoms with Gasteiger partial charge in [0.25, 0.3) is 0 Å². The van der Waals surface area contributed by atoms with Gasteiger partial charge < -0.3 is 10.2 Å². The summed E-state index contributed by atoms with van der Waals surface area (Å²) in [6.45, 7) is 10.1. The molecule has 0 aliphatic carbocycles. The summed E-state index contributed by atoms with van der Waals surface area (Å²) in [7, 11) is 0. The Hall–Kier alpha value is -1.16. The molecule has 1 fully saturated rings. The van der Waals surface area contributed by atoms with Gasteiger partial charge in [0.2, 0.25) is 5.95 Å². The molecule has 2 rings (SSSR count). The zero-order valence-corrected chi connectivity index (χ0v) is 12.4. The van der Waals surface area contributed by atoms with Gasteiger partial charge in [-0.15, -0.1) is 0 Å². The van der Waals surface area contributed by atoms with Crippen molar-refractivity contribution in [2.45, 2.75) is 46.1 Å². The summed E-state index contributed by atoms with van der Waals surface area (Å²) in [5.74, 6) is 0.871. The quantitative estimate of drug-likeness (QED) is 0.905. The second kappa shape index (κ2) is 6.33. The topological polar surface area (TPSA) is 41.0 Å². The van der Waals surface area contributed by atoms with E-state index >= 15 is 0 Å². The van der Waals surface area contributed by atoms with Crippen LogP contribution in [-0.2, 0) is 0 Å². The van der Waals surface area contributed by atoms with Gasteiger partial charge in [0.05, 0.1) is 0 Å². The van der Waals surface area contributed by atoms with Crippen molar-refractivity contribution in [2.24, 2.45) is 5.41 Å². The Morgan fingerprint density at radius 3 is 2.42 bits per heavy atom. The maximum atomic E-state index is 4.32. The Morgan fingerprint density at radius 1 is 1.21 bits per heavy atom. The minimum atomic E-state index is 0.422. The predicted octanol–water partition coefficient (Wildman–Crippen LogP) is 2.47. The third-order valence-electron chi connectivity index (χ3n) is 3.64. The minimum Gasteiger partial charge on any atom is -0.341 e. The van der Waals surface area contributed by atoms with Crippen molar-refractivity contribution < 1.29 is 0 Å². The van der Waals surface area contributed by atoms with E-state index in [0.717, 1.165) is 25.6 Å². The van der Waals surface area contributed by atoms with E-state index in [4.69, 9.17) is 0 Å². The zero-order chi connectivity index (χ0) is 13.7. The van der Waals surface area contributed by atoms with Crippen molar-refractivity contribution in [3.63, 3.8) is 0 Å². The highest BCUT2D eigenvalue weighted by Crippen LogP contribution is 2.19. The maximum absolute atomic E-state index is 4.32. The second-order valence-electron chi connectivity index (χ2n) is 6.57. The Labute approximate surface area is 116 Å². The van der Waals surface area contributed by atoms with Crippen LogP contribution in [0.25, 0.3) is 0 Å². The highest BCUT2D eigenvalue weighted by atomic mass is 15.3. The van der Waals surface area contributed by atoms with Gasteiger partial charge in [-0.25, -0.2) is 9.97 Å². The summed E-state index contributed by atoms with van der Waals surface area (Å²) in [6, 6.07) is 2.52. The lowest BCUT2D eigenvalue weighted by molar-refractivity contribution is 0.336. The molecular formula is C15H26N4. The molecule has 4 heteroatoms. The van der Waals surface area contributed by atoms with Crippen LogP contribution >= 0.6 is 0 Å². The van der Waals surface area contributed by atoms with Crippen LogP contribution in [0.15, 0.2) is 18.5 Å². The molecule has 0 saturated carbocycles. The first-order valence-electron chi connectivity index (χ1n) is 7.30. The normalized spacial score (nSPS) is 17.7. The van der Waals surface area contributed by atoms with E-state index in [9.17, 15) is 0 Å². The summed E-state index contributed by atoms with van der Waals surface area (Å²) in [4.78, 5) is 10.9. The molecule has 0 radical (unpaired) electrons. The fourth-order valence-corrected chi connectivity index (χ4v) is 2.39. The van der Waals surface area contributed by atoms with Crippen LogP contribution in [0.1, 0.15) is 40.0 Å². The average molecular weight is 262 g/mol. The van der Waals surface area contributed by atoms with Crippen LogP contribution in [0.5, 0.6) is 0 Å². The summed E-state index contributed by atoms with van der Waals surface area (Å²) >= 11 is 0. The molecule has 1 N–H and O–H groups in total. The lowest BCUT2D eigenvalue weighted by Gasteiger charge is -2.33. The molecular weight excluding hydrogens is 236 g/mol. The monoisotopic (exact) mass is 262 g/mol. The number of piperidine rings is 1. The smallest absolute Gasteiger partial charge is 0.225 e. The number of nitrogens with one attached hydrogen (secondary N) is 1. The van der Waals surface area contributed by atoms with Gasteiger partial charge in [-0.1, -0.05) is 20.8 Å². The van der Waals surface area contributed by atoms with Gasteiger partial charge in [-0.3, -0.25) is 0 Å². The summed E-state index contributed by atoms with van der Waals surface area (Å²) < 4.78 is 0. The Morgan fingerprint density at radius 2 is 1.84 bits per heavy atom. The van der Waals surface area contributed by atoms with Gasteiger partial charge in [0.1, 0.15) is 0 Å². The van der Waals surface area contributed by atoms with Crippen LogP contribution in [0.2, 0.25) is 0 Å². The summed E-state index contributed by atoms with van der Waals surface area (Å²) in [5, 5.41) is 3.68. The molecule has 2 heterocycles. The molecule has 1 aromatic rings. The predicted molar refractivity (Wildman–Crippen MR) is 79.3 cm³/mol. The van der Waals surface area contributed by atoms with Crippen molar-refractivity contribution in [1.82, 2.24) is 15.3 Å². The Kier molecular flexibility index (Phi) is 4.75. The highest BCUT2D eigenvalue weighted by molar-refractivity contribution is 5.29. The third kappa shape index (κ3) is 4.78. The number of anilines is 1. The molecule has 0 aromatic carbocycles. The molecule has 1 aromatic heterocycles. The fourth-order valence-electron chi connectivity index (χ4n) is 2.39. The van der Waals surface area contributed by atoms with Crippen LogP contribution in [0.3, 0.4) is 0 Å². The number of hydrogen-bond acceptors (Lipinski definition) is 4. The average Bonchev–Trinajstić information content (AvgIpc) is 2.39. The van der Waals surface area contributed by atoms with Gasteiger partial charge in [0, 0.05) is 31.5 Å². The molecule has 106 valence electrons. The molecule has 4 nitrogen and oxygen atoms in total. The molecule has 0 atom stereocenters. The number of nitrogens with zero attached hydrogens (tertiary/aromatic N) is 3. The van der Waals surface area contributed by atoms with E-state index in [-0.39, 0.29) is 0 Å². The standard InChI is InChI=1S/C15H26N4/c1-15(2,3)7-10-16-13-5-11-19(12-6-13)14-17-8-4-9-18-14/h4,8-9,13,16H,5-7,10-12H2,1-3H3. The molecule has 1 saturated heterocycles. The first-order valence-corrected chi connectivity index (χ1v) is 7.30. The molecule has 0 spiro atoms. The van der Waals surface area contributed by atoms with Crippen molar-refractivity contribution in [3.05, 3.63) is 18.5 Å². The van der Waals surface area contributed by atoms with E-state index < -0.39 is 0 Å². The zero-order valence-electron chi connectivity index (χ0n) is 12.4. The van der Waals surface area contributed by atoms with Crippen molar-refractivity contribution in [3.8, 4) is 0 Å².